The van der Waals surface area contributed by atoms with E-state index in [0.29, 0.717) is 6.42 Å². The minimum Gasteiger partial charge on any atom is -0.306 e. The molecule has 2 aliphatic rings. The molecule has 2 rings (SSSR count). The molecule has 0 aromatic carbocycles. The van der Waals surface area contributed by atoms with Crippen molar-refractivity contribution in [3.63, 3.8) is 0 Å². The number of carbonyl (C=O) groups excluding carboxylic acids is 1. The van der Waals surface area contributed by atoms with Crippen molar-refractivity contribution in [3.05, 3.63) is 17.5 Å². The molecule has 0 saturated carbocycles. The third kappa shape index (κ3) is 2.12. The fourth-order valence-corrected chi connectivity index (χ4v) is 2.11. The van der Waals surface area contributed by atoms with Crippen molar-refractivity contribution in [3.8, 4) is 0 Å². The van der Waals surface area contributed by atoms with E-state index in [1.807, 2.05) is 0 Å². The molecule has 1 aliphatic carbocycles. The molecule has 15 heavy (non-hydrogen) atoms. The van der Waals surface area contributed by atoms with Crippen LogP contribution in [0.3, 0.4) is 0 Å². The minimum absolute atomic E-state index is 0.00245. The van der Waals surface area contributed by atoms with E-state index in [9.17, 15) is 13.2 Å². The summed E-state index contributed by atoms with van der Waals surface area (Å²) in [6, 6.07) is 0. The van der Waals surface area contributed by atoms with E-state index in [1.54, 1.807) is 6.08 Å². The number of rotatable bonds is 4. The summed E-state index contributed by atoms with van der Waals surface area (Å²) < 4.78 is 26.0. The third-order valence-electron chi connectivity index (χ3n) is 2.39. The minimum atomic E-state index is -3.42. The van der Waals surface area contributed by atoms with Crippen molar-refractivity contribution in [2.75, 3.05) is 19.4 Å². The number of hydrogen-bond acceptors (Lipinski definition) is 4. The molecule has 1 saturated heterocycles. The lowest BCUT2D eigenvalue weighted by atomic mass is 10.1. The van der Waals surface area contributed by atoms with Gasteiger partial charge in [0.25, 0.3) is 10.1 Å². The van der Waals surface area contributed by atoms with Gasteiger partial charge in [-0.2, -0.15) is 8.42 Å². The molecule has 0 aromatic heterocycles. The van der Waals surface area contributed by atoms with Crippen LogP contribution in [0, 0.1) is 5.92 Å². The number of likely N-dealkylation sites (tertiary alicyclic amines) is 1. The topological polar surface area (TPSA) is 63.7 Å². The predicted octanol–water partition coefficient (Wildman–Crippen LogP) is -0.136. The fourth-order valence-electron chi connectivity index (χ4n) is 1.73. The van der Waals surface area contributed by atoms with Gasteiger partial charge in [0, 0.05) is 6.42 Å². The lowest BCUT2D eigenvalue weighted by Gasteiger charge is -2.17. The molecule has 0 N–H and O–H groups in total. The molecule has 1 fully saturated rings. The summed E-state index contributed by atoms with van der Waals surface area (Å²) in [7, 11) is -3.42. The van der Waals surface area contributed by atoms with Crippen molar-refractivity contribution in [1.82, 2.24) is 4.90 Å². The van der Waals surface area contributed by atoms with Gasteiger partial charge >= 0.3 is 0 Å². The Balaban J connectivity index is 1.91. The Morgan fingerprint density at radius 1 is 1.67 bits per heavy atom. The Hall–Kier alpha value is -1.10. The van der Waals surface area contributed by atoms with Crippen molar-refractivity contribution in [2.24, 2.45) is 5.92 Å². The Morgan fingerprint density at radius 3 is 2.93 bits per heavy atom. The first-order valence-corrected chi connectivity index (χ1v) is 6.40. The first kappa shape index (κ1) is 10.4. The van der Waals surface area contributed by atoms with Crippen LogP contribution in [-0.2, 0) is 19.1 Å². The quantitative estimate of drug-likeness (QED) is 0.497. The van der Waals surface area contributed by atoms with E-state index in [4.69, 9.17) is 0 Å². The second-order valence-electron chi connectivity index (χ2n) is 3.58. The summed E-state index contributed by atoms with van der Waals surface area (Å²) in [4.78, 5) is 13.1. The zero-order valence-corrected chi connectivity index (χ0v) is 9.08. The SMILES string of the molecule is CS(=O)(=O)OCCN1C(=O)[C@@H]2C=C=C1C2. The predicted molar refractivity (Wildman–Crippen MR) is 52.2 cm³/mol. The maximum atomic E-state index is 11.6. The largest absolute Gasteiger partial charge is 0.306 e. The zero-order valence-electron chi connectivity index (χ0n) is 8.26. The van der Waals surface area contributed by atoms with Crippen LogP contribution in [-0.4, -0.2) is 38.6 Å². The molecule has 0 unspecified atom stereocenters. The molecule has 2 bridgehead atoms. The summed E-state index contributed by atoms with van der Waals surface area (Å²) >= 11 is 0. The van der Waals surface area contributed by atoms with E-state index in [1.165, 1.54) is 4.90 Å². The first-order chi connectivity index (χ1) is 6.97. The van der Waals surface area contributed by atoms with Crippen molar-refractivity contribution in [2.45, 2.75) is 6.42 Å². The highest BCUT2D eigenvalue weighted by Gasteiger charge is 2.36. The standard InChI is InChI=1S/C9H11NO4S/c1-15(12,13)14-5-4-10-8-3-2-7(6-8)9(10)11/h2,7H,4-6H2,1H3/t7-/m1/s1. The molecule has 0 aromatic rings. The number of nitrogens with zero attached hydrogens (tertiary/aromatic N) is 1. The number of hydrogen-bond donors (Lipinski definition) is 0. The molecular formula is C9H11NO4S. The third-order valence-corrected chi connectivity index (χ3v) is 2.98. The lowest BCUT2D eigenvalue weighted by Crippen LogP contribution is -2.31. The molecule has 1 heterocycles. The Kier molecular flexibility index (Phi) is 2.42. The summed E-state index contributed by atoms with van der Waals surface area (Å²) in [5.41, 5.74) is 3.81. The Labute approximate surface area is 88.1 Å². The Bertz CT molecular complexity index is 459. The van der Waals surface area contributed by atoms with Crippen LogP contribution >= 0.6 is 0 Å². The van der Waals surface area contributed by atoms with Gasteiger partial charge in [-0.25, -0.2) is 0 Å². The molecule has 82 valence electrons. The van der Waals surface area contributed by atoms with Crippen LogP contribution in [0.4, 0.5) is 0 Å². The highest BCUT2D eigenvalue weighted by atomic mass is 32.2. The van der Waals surface area contributed by atoms with Crippen LogP contribution < -0.4 is 0 Å². The van der Waals surface area contributed by atoms with Crippen LogP contribution in [0.2, 0.25) is 0 Å². The van der Waals surface area contributed by atoms with Gasteiger partial charge in [-0.15, -0.1) is 5.73 Å². The van der Waals surface area contributed by atoms with Crippen LogP contribution in [0.25, 0.3) is 0 Å². The molecule has 0 radical (unpaired) electrons. The molecular weight excluding hydrogens is 218 g/mol. The van der Waals surface area contributed by atoms with Crippen LogP contribution in [0.5, 0.6) is 0 Å². The number of carbonyl (C=O) groups is 1. The van der Waals surface area contributed by atoms with E-state index >= 15 is 0 Å². The highest BCUT2D eigenvalue weighted by molar-refractivity contribution is 7.85. The molecule has 6 heteroatoms. The van der Waals surface area contributed by atoms with E-state index < -0.39 is 10.1 Å². The van der Waals surface area contributed by atoms with E-state index in [-0.39, 0.29) is 25.0 Å². The fraction of sp³-hybridized carbons (Fsp3) is 0.556. The van der Waals surface area contributed by atoms with Gasteiger partial charge in [-0.3, -0.25) is 8.98 Å². The second kappa shape index (κ2) is 3.48. The van der Waals surface area contributed by atoms with Gasteiger partial charge in [0.05, 0.1) is 31.0 Å². The second-order valence-corrected chi connectivity index (χ2v) is 5.23. The van der Waals surface area contributed by atoms with E-state index in [0.717, 1.165) is 12.0 Å². The lowest BCUT2D eigenvalue weighted by molar-refractivity contribution is -0.129. The van der Waals surface area contributed by atoms with Crippen LogP contribution in [0.15, 0.2) is 17.5 Å². The molecule has 5 nitrogen and oxygen atoms in total. The highest BCUT2D eigenvalue weighted by Crippen LogP contribution is 2.32. The summed E-state index contributed by atoms with van der Waals surface area (Å²) in [6.07, 6.45) is 3.44. The maximum absolute atomic E-state index is 11.6. The van der Waals surface area contributed by atoms with Gasteiger partial charge in [0.1, 0.15) is 0 Å². The van der Waals surface area contributed by atoms with Gasteiger partial charge in [0.15, 0.2) is 0 Å². The van der Waals surface area contributed by atoms with Crippen molar-refractivity contribution < 1.29 is 17.4 Å². The maximum Gasteiger partial charge on any atom is 0.264 e. The van der Waals surface area contributed by atoms with Crippen LogP contribution in [0.1, 0.15) is 6.42 Å². The van der Waals surface area contributed by atoms with Crippen molar-refractivity contribution in [1.29, 1.82) is 0 Å². The molecule has 1 aliphatic heterocycles. The average molecular weight is 229 g/mol. The molecule has 0 spiro atoms. The van der Waals surface area contributed by atoms with Crippen molar-refractivity contribution >= 4 is 16.0 Å². The first-order valence-electron chi connectivity index (χ1n) is 4.59. The average Bonchev–Trinajstić information content (AvgIpc) is 2.66. The van der Waals surface area contributed by atoms with Gasteiger partial charge in [-0.05, 0) is 6.08 Å². The zero-order chi connectivity index (χ0) is 11.1. The molecule has 1 atom stereocenters. The van der Waals surface area contributed by atoms with Gasteiger partial charge in [-0.1, -0.05) is 0 Å². The van der Waals surface area contributed by atoms with E-state index in [2.05, 4.69) is 9.91 Å². The van der Waals surface area contributed by atoms with Gasteiger partial charge in [0.2, 0.25) is 5.91 Å². The van der Waals surface area contributed by atoms with Gasteiger partial charge < -0.3 is 4.90 Å². The monoisotopic (exact) mass is 229 g/mol. The summed E-state index contributed by atoms with van der Waals surface area (Å²) in [5, 5.41) is 0. The number of amides is 1. The number of fused-ring (bicyclic) bond motifs is 2. The normalized spacial score (nSPS) is 23.8. The Morgan fingerprint density at radius 2 is 2.40 bits per heavy atom. The molecule has 1 amide bonds. The smallest absolute Gasteiger partial charge is 0.264 e. The summed E-state index contributed by atoms with van der Waals surface area (Å²) in [6.45, 7) is 0.279. The summed E-state index contributed by atoms with van der Waals surface area (Å²) in [5.74, 6) is -0.0703.